The van der Waals surface area contributed by atoms with Crippen LogP contribution in [0, 0.1) is 11.6 Å². The summed E-state index contributed by atoms with van der Waals surface area (Å²) in [5, 5.41) is 0. The monoisotopic (exact) mass is 239 g/mol. The highest BCUT2D eigenvalue weighted by Gasteiger charge is 2.16. The first-order chi connectivity index (χ1) is 8.15. The van der Waals surface area contributed by atoms with Crippen molar-refractivity contribution in [2.75, 3.05) is 7.11 Å². The number of halogens is 2. The van der Waals surface area contributed by atoms with Gasteiger partial charge in [-0.15, -0.1) is 0 Å². The molecule has 2 aromatic rings. The third kappa shape index (κ3) is 2.14. The molecule has 0 atom stereocenters. The number of methoxy groups -OCH3 is 1. The van der Waals surface area contributed by atoms with Crippen molar-refractivity contribution in [1.29, 1.82) is 0 Å². The van der Waals surface area contributed by atoms with E-state index >= 15 is 0 Å². The lowest BCUT2D eigenvalue weighted by molar-refractivity contribution is 0.406. The summed E-state index contributed by atoms with van der Waals surface area (Å²) in [6.07, 6.45) is 0. The quantitative estimate of drug-likeness (QED) is 0.895. The average Bonchev–Trinajstić information content (AvgIpc) is 2.76. The van der Waals surface area contributed by atoms with Gasteiger partial charge in [-0.25, -0.2) is 8.78 Å². The zero-order valence-corrected chi connectivity index (χ0v) is 9.17. The summed E-state index contributed by atoms with van der Waals surface area (Å²) in [4.78, 5) is 0. The van der Waals surface area contributed by atoms with Crippen molar-refractivity contribution in [3.8, 4) is 17.1 Å². The number of furan rings is 1. The van der Waals surface area contributed by atoms with Crippen LogP contribution in [-0.4, -0.2) is 7.11 Å². The fourth-order valence-corrected chi connectivity index (χ4v) is 1.53. The number of rotatable bonds is 3. The van der Waals surface area contributed by atoms with Crippen molar-refractivity contribution < 1.29 is 17.9 Å². The first kappa shape index (κ1) is 11.6. The lowest BCUT2D eigenvalue weighted by Crippen LogP contribution is -1.94. The number of ether oxygens (including phenoxy) is 1. The molecule has 0 aliphatic rings. The third-order valence-corrected chi connectivity index (χ3v) is 2.36. The fourth-order valence-electron chi connectivity index (χ4n) is 1.53. The van der Waals surface area contributed by atoms with Crippen LogP contribution < -0.4 is 10.5 Å². The van der Waals surface area contributed by atoms with Crippen LogP contribution in [0.4, 0.5) is 8.78 Å². The molecule has 0 aliphatic carbocycles. The minimum Gasteiger partial charge on any atom is -0.497 e. The molecular formula is C12H11F2NO2. The zero-order chi connectivity index (χ0) is 12.4. The van der Waals surface area contributed by atoms with Crippen LogP contribution >= 0.6 is 0 Å². The Hall–Kier alpha value is -1.88. The van der Waals surface area contributed by atoms with Crippen molar-refractivity contribution >= 4 is 0 Å². The Balaban J connectivity index is 2.51. The fraction of sp³-hybridized carbons (Fsp3) is 0.167. The van der Waals surface area contributed by atoms with Crippen LogP contribution in [0.2, 0.25) is 0 Å². The molecule has 0 unspecified atom stereocenters. The van der Waals surface area contributed by atoms with Gasteiger partial charge in [0.15, 0.2) is 0 Å². The first-order valence-electron chi connectivity index (χ1n) is 4.98. The summed E-state index contributed by atoms with van der Waals surface area (Å²) in [5.41, 5.74) is 5.14. The standard InChI is InChI=1S/C12H11F2NO2/c1-16-8-4-9(13)12(10(14)5-8)11-3-2-7(6-15)17-11/h2-5H,6,15H2,1H3. The van der Waals surface area contributed by atoms with E-state index in [1.807, 2.05) is 0 Å². The highest BCUT2D eigenvalue weighted by Crippen LogP contribution is 2.30. The lowest BCUT2D eigenvalue weighted by Gasteiger charge is -2.05. The number of nitrogens with two attached hydrogens (primary N) is 1. The van der Waals surface area contributed by atoms with Crippen molar-refractivity contribution in [3.63, 3.8) is 0 Å². The van der Waals surface area contributed by atoms with Gasteiger partial charge in [-0.05, 0) is 12.1 Å². The van der Waals surface area contributed by atoms with Gasteiger partial charge in [0, 0.05) is 12.1 Å². The SMILES string of the molecule is COc1cc(F)c(-c2ccc(CN)o2)c(F)c1. The molecule has 1 aromatic heterocycles. The van der Waals surface area contributed by atoms with Crippen molar-refractivity contribution in [3.05, 3.63) is 41.7 Å². The number of hydrogen-bond donors (Lipinski definition) is 1. The molecule has 0 aliphatic heterocycles. The van der Waals surface area contributed by atoms with Crippen molar-refractivity contribution in [2.24, 2.45) is 5.73 Å². The Bertz CT molecular complexity index is 514. The molecule has 0 saturated heterocycles. The molecule has 0 fully saturated rings. The van der Waals surface area contributed by atoms with Crippen LogP contribution in [0.5, 0.6) is 5.75 Å². The van der Waals surface area contributed by atoms with Gasteiger partial charge in [-0.2, -0.15) is 0 Å². The Labute approximate surface area is 96.8 Å². The maximum Gasteiger partial charge on any atom is 0.140 e. The minimum atomic E-state index is -0.736. The summed E-state index contributed by atoms with van der Waals surface area (Å²) >= 11 is 0. The second kappa shape index (κ2) is 4.55. The van der Waals surface area contributed by atoms with Crippen LogP contribution in [0.15, 0.2) is 28.7 Å². The maximum absolute atomic E-state index is 13.7. The highest BCUT2D eigenvalue weighted by molar-refractivity contribution is 5.60. The molecule has 0 radical (unpaired) electrons. The molecule has 0 bridgehead atoms. The van der Waals surface area contributed by atoms with Gasteiger partial charge in [-0.3, -0.25) is 0 Å². The van der Waals surface area contributed by atoms with Gasteiger partial charge in [0.25, 0.3) is 0 Å². The molecule has 5 heteroatoms. The molecule has 3 nitrogen and oxygen atoms in total. The van der Waals surface area contributed by atoms with Gasteiger partial charge in [-0.1, -0.05) is 0 Å². The predicted molar refractivity (Wildman–Crippen MR) is 58.5 cm³/mol. The highest BCUT2D eigenvalue weighted by atomic mass is 19.1. The second-order valence-corrected chi connectivity index (χ2v) is 3.44. The Kier molecular flexibility index (Phi) is 3.10. The van der Waals surface area contributed by atoms with E-state index in [2.05, 4.69) is 0 Å². The Morgan fingerprint density at radius 3 is 2.35 bits per heavy atom. The van der Waals surface area contributed by atoms with E-state index in [-0.39, 0.29) is 23.6 Å². The van der Waals surface area contributed by atoms with Crippen LogP contribution in [0.3, 0.4) is 0 Å². The molecule has 2 rings (SSSR count). The van der Waals surface area contributed by atoms with E-state index in [1.165, 1.54) is 13.2 Å². The Morgan fingerprint density at radius 1 is 1.24 bits per heavy atom. The van der Waals surface area contributed by atoms with Crippen molar-refractivity contribution in [2.45, 2.75) is 6.54 Å². The summed E-state index contributed by atoms with van der Waals surface area (Å²) in [6.45, 7) is 0.180. The van der Waals surface area contributed by atoms with Crippen molar-refractivity contribution in [1.82, 2.24) is 0 Å². The smallest absolute Gasteiger partial charge is 0.140 e. The second-order valence-electron chi connectivity index (χ2n) is 3.44. The van der Waals surface area contributed by atoms with Gasteiger partial charge < -0.3 is 14.9 Å². The maximum atomic E-state index is 13.7. The van der Waals surface area contributed by atoms with E-state index < -0.39 is 11.6 Å². The molecule has 0 spiro atoms. The lowest BCUT2D eigenvalue weighted by atomic mass is 10.1. The van der Waals surface area contributed by atoms with E-state index in [4.69, 9.17) is 14.9 Å². The number of benzene rings is 1. The first-order valence-corrected chi connectivity index (χ1v) is 4.98. The van der Waals surface area contributed by atoms with Gasteiger partial charge in [0.2, 0.25) is 0 Å². The molecular weight excluding hydrogens is 228 g/mol. The van der Waals surface area contributed by atoms with Gasteiger partial charge in [0.1, 0.15) is 28.9 Å². The van der Waals surface area contributed by atoms with E-state index in [0.29, 0.717) is 5.76 Å². The molecule has 17 heavy (non-hydrogen) atoms. The molecule has 1 aromatic carbocycles. The zero-order valence-electron chi connectivity index (χ0n) is 9.17. The average molecular weight is 239 g/mol. The van der Waals surface area contributed by atoms with Gasteiger partial charge in [0.05, 0.1) is 19.2 Å². The van der Waals surface area contributed by atoms with E-state index in [0.717, 1.165) is 12.1 Å². The Morgan fingerprint density at radius 2 is 1.88 bits per heavy atom. The van der Waals surface area contributed by atoms with E-state index in [9.17, 15) is 8.78 Å². The van der Waals surface area contributed by atoms with Crippen LogP contribution in [0.25, 0.3) is 11.3 Å². The van der Waals surface area contributed by atoms with Gasteiger partial charge >= 0.3 is 0 Å². The van der Waals surface area contributed by atoms with E-state index in [1.54, 1.807) is 6.07 Å². The molecule has 2 N–H and O–H groups in total. The molecule has 90 valence electrons. The summed E-state index contributed by atoms with van der Waals surface area (Å²) in [7, 11) is 1.34. The summed E-state index contributed by atoms with van der Waals surface area (Å²) in [6, 6.07) is 5.26. The number of hydrogen-bond acceptors (Lipinski definition) is 3. The third-order valence-electron chi connectivity index (χ3n) is 2.36. The van der Waals surface area contributed by atoms with Crippen LogP contribution in [0.1, 0.15) is 5.76 Å². The predicted octanol–water partition coefficient (Wildman–Crippen LogP) is 2.69. The van der Waals surface area contributed by atoms with Crippen LogP contribution in [-0.2, 0) is 6.54 Å². The molecule has 1 heterocycles. The minimum absolute atomic E-state index is 0.114. The summed E-state index contributed by atoms with van der Waals surface area (Å²) < 4.78 is 37.3. The molecule has 0 saturated carbocycles. The topological polar surface area (TPSA) is 48.4 Å². The summed E-state index contributed by atoms with van der Waals surface area (Å²) in [5.74, 6) is -0.772. The normalized spacial score (nSPS) is 10.6. The molecule has 0 amide bonds. The largest absolute Gasteiger partial charge is 0.497 e.